The number of rotatable bonds is 7. The molecular weight excluding hydrogens is 447 g/mol. The van der Waals surface area contributed by atoms with E-state index in [-0.39, 0.29) is 0 Å². The van der Waals surface area contributed by atoms with E-state index in [0.29, 0.717) is 0 Å². The molecule has 0 bridgehead atoms. The molecule has 0 saturated heterocycles. The van der Waals surface area contributed by atoms with E-state index in [1.165, 1.54) is 16.3 Å². The Morgan fingerprint density at radius 2 is 0.821 bits per heavy atom. The van der Waals surface area contributed by atoms with Crippen LogP contribution in [0.4, 0.5) is 0 Å². The molecule has 0 aliphatic rings. The van der Waals surface area contributed by atoms with Crippen LogP contribution in [0.1, 0.15) is 5.56 Å². The summed E-state index contributed by atoms with van der Waals surface area (Å²) in [7, 11) is 0. The molecule has 0 atom stereocenters. The Balaban J connectivity index is 1.79. The van der Waals surface area contributed by atoms with Gasteiger partial charge in [0.25, 0.3) is 0 Å². The first-order chi connectivity index (χ1) is 13.9. The van der Waals surface area contributed by atoms with Crippen LogP contribution in [-0.2, 0) is 9.49 Å². The summed E-state index contributed by atoms with van der Waals surface area (Å²) in [6.45, 7) is 0.721. The fraction of sp³-hybridized carbons (Fsp3) is 0.0769. The van der Waals surface area contributed by atoms with Gasteiger partial charge in [0.15, 0.2) is 0 Å². The molecule has 0 spiro atoms. The number of hydrogen-bond acceptors (Lipinski definition) is 1. The minimum absolute atomic E-state index is 0.721. The molecular formula is C26H24OSn. The monoisotopic (exact) mass is 472 g/mol. The predicted molar refractivity (Wildman–Crippen MR) is 120 cm³/mol. The fourth-order valence-electron chi connectivity index (χ4n) is 3.74. The molecule has 4 aromatic carbocycles. The fourth-order valence-corrected chi connectivity index (χ4v) is 14.8. The molecule has 4 rings (SSSR count). The van der Waals surface area contributed by atoms with Gasteiger partial charge in [-0.1, -0.05) is 0 Å². The van der Waals surface area contributed by atoms with E-state index in [1.54, 1.807) is 0 Å². The molecule has 0 saturated carbocycles. The van der Waals surface area contributed by atoms with Gasteiger partial charge in [-0.2, -0.15) is 0 Å². The normalized spacial score (nSPS) is 11.3. The quantitative estimate of drug-likeness (QED) is 0.372. The van der Waals surface area contributed by atoms with Crippen molar-refractivity contribution in [2.45, 2.75) is 6.42 Å². The van der Waals surface area contributed by atoms with Gasteiger partial charge in [-0.25, -0.2) is 0 Å². The molecule has 0 fully saturated rings. The van der Waals surface area contributed by atoms with Crippen molar-refractivity contribution < 1.29 is 3.07 Å². The molecule has 28 heavy (non-hydrogen) atoms. The van der Waals surface area contributed by atoms with Crippen LogP contribution in [0.15, 0.2) is 121 Å². The molecule has 0 aliphatic carbocycles. The molecule has 0 aliphatic heterocycles. The van der Waals surface area contributed by atoms with E-state index in [1.807, 2.05) is 0 Å². The maximum atomic E-state index is 7.00. The van der Waals surface area contributed by atoms with Gasteiger partial charge in [0.1, 0.15) is 0 Å². The van der Waals surface area contributed by atoms with Crippen LogP contribution in [0.25, 0.3) is 0 Å². The Kier molecular flexibility index (Phi) is 6.25. The van der Waals surface area contributed by atoms with Gasteiger partial charge < -0.3 is 0 Å². The zero-order valence-electron chi connectivity index (χ0n) is 15.9. The SMILES string of the molecule is c1ccc(CC[O][Sn]([c]2ccccc2)([c]2ccccc2)[c]2ccccc2)cc1. The van der Waals surface area contributed by atoms with Crippen LogP contribution in [0.5, 0.6) is 0 Å². The summed E-state index contributed by atoms with van der Waals surface area (Å²) in [6.07, 6.45) is 0.923. The van der Waals surface area contributed by atoms with Gasteiger partial charge in [-0.3, -0.25) is 0 Å². The van der Waals surface area contributed by atoms with Crippen molar-refractivity contribution >= 4 is 29.5 Å². The van der Waals surface area contributed by atoms with Gasteiger partial charge in [0, 0.05) is 0 Å². The van der Waals surface area contributed by atoms with Crippen molar-refractivity contribution in [3.05, 3.63) is 127 Å². The molecule has 0 radical (unpaired) electrons. The molecule has 4 aromatic rings. The Bertz CT molecular complexity index is 873. The standard InChI is InChI=1S/C8H9O.3C6H5.Sn/c9-7-6-8-4-2-1-3-5-8;3*1-2-4-6-5-3-1;/h1-5H,6-7H2;3*1-5H;/q-1;;;;+1. The second-order valence-corrected chi connectivity index (χ2v) is 16.5. The first kappa shape index (κ1) is 19.0. The van der Waals surface area contributed by atoms with Crippen molar-refractivity contribution in [3.8, 4) is 0 Å². The maximum absolute atomic E-state index is 7.00. The summed E-state index contributed by atoms with van der Waals surface area (Å²) in [5.41, 5.74) is 1.32. The van der Waals surface area contributed by atoms with E-state index in [2.05, 4.69) is 121 Å². The first-order valence-corrected chi connectivity index (χ1v) is 15.2. The molecule has 0 aromatic heterocycles. The Morgan fingerprint density at radius 3 is 1.21 bits per heavy atom. The molecule has 0 N–H and O–H groups in total. The average Bonchev–Trinajstić information content (AvgIpc) is 2.79. The van der Waals surface area contributed by atoms with E-state index < -0.39 is 18.8 Å². The third-order valence-electron chi connectivity index (χ3n) is 5.09. The van der Waals surface area contributed by atoms with E-state index >= 15 is 0 Å². The number of hydrogen-bond donors (Lipinski definition) is 0. The first-order valence-electron chi connectivity index (χ1n) is 9.74. The third-order valence-corrected chi connectivity index (χ3v) is 16.7. The Hall–Kier alpha value is -2.36. The van der Waals surface area contributed by atoms with Gasteiger partial charge in [-0.15, -0.1) is 0 Å². The molecule has 138 valence electrons. The van der Waals surface area contributed by atoms with E-state index in [9.17, 15) is 0 Å². The van der Waals surface area contributed by atoms with E-state index in [4.69, 9.17) is 3.07 Å². The van der Waals surface area contributed by atoms with Crippen molar-refractivity contribution in [3.63, 3.8) is 0 Å². The summed E-state index contributed by atoms with van der Waals surface area (Å²) in [6, 6.07) is 43.1. The topological polar surface area (TPSA) is 9.23 Å². The molecule has 1 nitrogen and oxygen atoms in total. The van der Waals surface area contributed by atoms with Gasteiger partial charge in [-0.05, 0) is 0 Å². The van der Waals surface area contributed by atoms with Crippen LogP contribution in [0.3, 0.4) is 0 Å². The summed E-state index contributed by atoms with van der Waals surface area (Å²) in [5, 5.41) is 0. The zero-order valence-corrected chi connectivity index (χ0v) is 18.7. The predicted octanol–water partition coefficient (Wildman–Crippen LogP) is 3.91. The zero-order chi connectivity index (χ0) is 19.1. The molecule has 0 amide bonds. The van der Waals surface area contributed by atoms with Crippen molar-refractivity contribution in [1.29, 1.82) is 0 Å². The van der Waals surface area contributed by atoms with Crippen molar-refractivity contribution in [2.75, 3.05) is 6.61 Å². The van der Waals surface area contributed by atoms with Crippen LogP contribution < -0.4 is 10.7 Å². The van der Waals surface area contributed by atoms with Crippen molar-refractivity contribution in [1.82, 2.24) is 0 Å². The second kappa shape index (κ2) is 9.22. The van der Waals surface area contributed by atoms with Gasteiger partial charge >= 0.3 is 173 Å². The third kappa shape index (κ3) is 4.06. The van der Waals surface area contributed by atoms with Crippen LogP contribution in [0.2, 0.25) is 0 Å². The minimum atomic E-state index is -3.57. The van der Waals surface area contributed by atoms with Gasteiger partial charge in [0.05, 0.1) is 0 Å². The van der Waals surface area contributed by atoms with Crippen LogP contribution in [0, 0.1) is 0 Å². The van der Waals surface area contributed by atoms with E-state index in [0.717, 1.165) is 13.0 Å². The molecule has 0 heterocycles. The second-order valence-electron chi connectivity index (χ2n) is 6.86. The van der Waals surface area contributed by atoms with Gasteiger partial charge in [0.2, 0.25) is 0 Å². The van der Waals surface area contributed by atoms with Crippen molar-refractivity contribution in [2.24, 2.45) is 0 Å². The summed E-state index contributed by atoms with van der Waals surface area (Å²) in [5.74, 6) is 0. The summed E-state index contributed by atoms with van der Waals surface area (Å²) >= 11 is -3.57. The molecule has 0 unspecified atom stereocenters. The number of benzene rings is 4. The van der Waals surface area contributed by atoms with Crippen LogP contribution in [-0.4, -0.2) is 25.4 Å². The van der Waals surface area contributed by atoms with Crippen LogP contribution >= 0.6 is 0 Å². The Morgan fingerprint density at radius 1 is 0.464 bits per heavy atom. The molecule has 2 heteroatoms. The average molecular weight is 471 g/mol. The summed E-state index contributed by atoms with van der Waals surface area (Å²) < 4.78 is 11.0. The summed E-state index contributed by atoms with van der Waals surface area (Å²) in [4.78, 5) is 0. The Labute approximate surface area is 172 Å².